The van der Waals surface area contributed by atoms with E-state index in [0.717, 1.165) is 0 Å². The Balaban J connectivity index is 2.00. The Morgan fingerprint density at radius 3 is 2.43 bits per heavy atom. The Hall–Kier alpha value is -3.61. The second kappa shape index (κ2) is 9.26. The van der Waals surface area contributed by atoms with Crippen molar-refractivity contribution in [3.8, 4) is 5.75 Å². The zero-order valence-corrected chi connectivity index (χ0v) is 17.2. The number of hydrogen-bond donors (Lipinski definition) is 1. The van der Waals surface area contributed by atoms with Crippen LogP contribution in [0.1, 0.15) is 20.3 Å². The molecule has 2 amide bonds. The Labute approximate surface area is 175 Å². The van der Waals surface area contributed by atoms with Crippen molar-refractivity contribution in [3.63, 3.8) is 0 Å². The van der Waals surface area contributed by atoms with Crippen molar-refractivity contribution in [1.29, 1.82) is 0 Å². The number of esters is 1. The van der Waals surface area contributed by atoms with Crippen molar-refractivity contribution in [2.45, 2.75) is 20.3 Å². The average molecular weight is 408 g/mol. The number of nitrogens with zero attached hydrogens (tertiary/aromatic N) is 1. The molecule has 2 aromatic rings. The molecule has 2 aromatic carbocycles. The third-order valence-corrected chi connectivity index (χ3v) is 4.89. The van der Waals surface area contributed by atoms with E-state index < -0.39 is 17.8 Å². The first-order chi connectivity index (χ1) is 14.5. The summed E-state index contributed by atoms with van der Waals surface area (Å²) >= 11 is 0. The van der Waals surface area contributed by atoms with Gasteiger partial charge in [-0.3, -0.25) is 14.5 Å². The molecule has 7 heteroatoms. The SMILES string of the molecule is CCOC(=O)C1=C(C)N(c2ccccc2)C(=O)C[C@H]1C(=O)Nc1ccccc1OC. The molecule has 3 rings (SSSR count). The number of methoxy groups -OCH3 is 1. The average Bonchev–Trinajstić information content (AvgIpc) is 2.74. The molecule has 0 radical (unpaired) electrons. The third-order valence-electron chi connectivity index (χ3n) is 4.89. The lowest BCUT2D eigenvalue weighted by Gasteiger charge is -2.33. The second-order valence-corrected chi connectivity index (χ2v) is 6.73. The molecular formula is C23H24N2O5. The van der Waals surface area contributed by atoms with E-state index in [1.165, 1.54) is 12.0 Å². The van der Waals surface area contributed by atoms with Gasteiger partial charge in [-0.05, 0) is 38.1 Å². The Morgan fingerprint density at radius 1 is 1.10 bits per heavy atom. The predicted octanol–water partition coefficient (Wildman–Crippen LogP) is 3.52. The van der Waals surface area contributed by atoms with Crippen LogP contribution < -0.4 is 15.0 Å². The van der Waals surface area contributed by atoms with Gasteiger partial charge in [-0.25, -0.2) is 4.79 Å². The molecule has 0 spiro atoms. The highest BCUT2D eigenvalue weighted by Gasteiger charge is 2.40. The molecule has 0 aliphatic carbocycles. The van der Waals surface area contributed by atoms with Crippen LogP contribution in [0, 0.1) is 5.92 Å². The fourth-order valence-electron chi connectivity index (χ4n) is 3.53. The topological polar surface area (TPSA) is 84.9 Å². The van der Waals surface area contributed by atoms with Gasteiger partial charge in [-0.2, -0.15) is 0 Å². The first kappa shape index (κ1) is 21.1. The summed E-state index contributed by atoms with van der Waals surface area (Å²) in [4.78, 5) is 40.3. The second-order valence-electron chi connectivity index (χ2n) is 6.73. The molecular weight excluding hydrogens is 384 g/mol. The largest absolute Gasteiger partial charge is 0.495 e. The van der Waals surface area contributed by atoms with Gasteiger partial charge in [0.25, 0.3) is 0 Å². The van der Waals surface area contributed by atoms with Crippen LogP contribution >= 0.6 is 0 Å². The maximum Gasteiger partial charge on any atom is 0.336 e. The maximum atomic E-state index is 13.1. The van der Waals surface area contributed by atoms with Crippen LogP contribution in [0.3, 0.4) is 0 Å². The van der Waals surface area contributed by atoms with Gasteiger partial charge in [0, 0.05) is 17.8 Å². The molecule has 0 aromatic heterocycles. The number of hydrogen-bond acceptors (Lipinski definition) is 5. The van der Waals surface area contributed by atoms with Crippen molar-refractivity contribution in [3.05, 3.63) is 65.9 Å². The minimum Gasteiger partial charge on any atom is -0.495 e. The summed E-state index contributed by atoms with van der Waals surface area (Å²) < 4.78 is 10.5. The summed E-state index contributed by atoms with van der Waals surface area (Å²) in [6.07, 6.45) is -0.151. The maximum absolute atomic E-state index is 13.1. The molecule has 156 valence electrons. The van der Waals surface area contributed by atoms with E-state index in [1.807, 2.05) is 6.07 Å². The monoisotopic (exact) mass is 408 g/mol. The lowest BCUT2D eigenvalue weighted by Crippen LogP contribution is -2.43. The fraction of sp³-hybridized carbons (Fsp3) is 0.261. The van der Waals surface area contributed by atoms with Crippen molar-refractivity contribution in [1.82, 2.24) is 0 Å². The Kier molecular flexibility index (Phi) is 6.51. The number of rotatable bonds is 6. The number of carbonyl (C=O) groups is 3. The van der Waals surface area contributed by atoms with Gasteiger partial charge in [0.15, 0.2) is 0 Å². The summed E-state index contributed by atoms with van der Waals surface area (Å²) in [6, 6.07) is 16.0. The quantitative estimate of drug-likeness (QED) is 0.739. The highest BCUT2D eigenvalue weighted by molar-refractivity contribution is 6.10. The normalized spacial score (nSPS) is 16.3. The number of amides is 2. The van der Waals surface area contributed by atoms with Gasteiger partial charge in [-0.15, -0.1) is 0 Å². The molecule has 1 atom stereocenters. The van der Waals surface area contributed by atoms with Gasteiger partial charge in [-0.1, -0.05) is 30.3 Å². The summed E-state index contributed by atoms with van der Waals surface area (Å²) in [5.41, 5.74) is 1.65. The minimum absolute atomic E-state index is 0.151. The van der Waals surface area contributed by atoms with Crippen molar-refractivity contribution < 1.29 is 23.9 Å². The molecule has 1 heterocycles. The molecule has 1 aliphatic rings. The number of allylic oxidation sites excluding steroid dienone is 1. The fourth-order valence-corrected chi connectivity index (χ4v) is 3.53. The van der Waals surface area contributed by atoms with Gasteiger partial charge in [0.1, 0.15) is 5.75 Å². The number of carbonyl (C=O) groups excluding carboxylic acids is 3. The summed E-state index contributed by atoms with van der Waals surface area (Å²) in [5, 5.41) is 2.78. The molecule has 0 bridgehead atoms. The van der Waals surface area contributed by atoms with Crippen molar-refractivity contribution in [2.24, 2.45) is 5.92 Å². The Morgan fingerprint density at radius 2 is 1.77 bits per heavy atom. The van der Waals surface area contributed by atoms with Gasteiger partial charge in [0.05, 0.1) is 30.9 Å². The van der Waals surface area contributed by atoms with Crippen molar-refractivity contribution in [2.75, 3.05) is 23.9 Å². The van der Waals surface area contributed by atoms with Crippen LogP contribution in [0.5, 0.6) is 5.75 Å². The van der Waals surface area contributed by atoms with Crippen LogP contribution in [0.15, 0.2) is 65.9 Å². The van der Waals surface area contributed by atoms with E-state index >= 15 is 0 Å². The number of para-hydroxylation sites is 3. The van der Waals surface area contributed by atoms with Gasteiger partial charge >= 0.3 is 5.97 Å². The smallest absolute Gasteiger partial charge is 0.336 e. The van der Waals surface area contributed by atoms with E-state index in [0.29, 0.717) is 22.8 Å². The zero-order valence-electron chi connectivity index (χ0n) is 17.2. The molecule has 30 heavy (non-hydrogen) atoms. The lowest BCUT2D eigenvalue weighted by molar-refractivity contribution is -0.141. The highest BCUT2D eigenvalue weighted by Crippen LogP contribution is 2.34. The predicted molar refractivity (Wildman–Crippen MR) is 113 cm³/mol. The van der Waals surface area contributed by atoms with Crippen molar-refractivity contribution >= 4 is 29.2 Å². The standard InChI is InChI=1S/C23H24N2O5/c1-4-30-23(28)21-15(2)25(16-10-6-5-7-11-16)20(26)14-17(21)22(27)24-18-12-8-9-13-19(18)29-3/h5-13,17H,4,14H2,1-3H3,(H,24,27)/t17-/m1/s1. The Bertz CT molecular complexity index is 984. The van der Waals surface area contributed by atoms with E-state index in [1.54, 1.807) is 62.4 Å². The third kappa shape index (κ3) is 4.20. The zero-order chi connectivity index (χ0) is 21.7. The first-order valence-corrected chi connectivity index (χ1v) is 9.67. The van der Waals surface area contributed by atoms with E-state index in [2.05, 4.69) is 5.32 Å². The molecule has 0 saturated heterocycles. The molecule has 0 unspecified atom stereocenters. The minimum atomic E-state index is -0.971. The van der Waals surface area contributed by atoms with Crippen LogP contribution in [0.4, 0.5) is 11.4 Å². The number of anilines is 2. The highest BCUT2D eigenvalue weighted by atomic mass is 16.5. The molecule has 1 N–H and O–H groups in total. The lowest BCUT2D eigenvalue weighted by atomic mass is 9.88. The van der Waals surface area contributed by atoms with Crippen LogP contribution in [0.25, 0.3) is 0 Å². The molecule has 7 nitrogen and oxygen atoms in total. The van der Waals surface area contributed by atoms with Gasteiger partial charge in [0.2, 0.25) is 11.8 Å². The van der Waals surface area contributed by atoms with E-state index in [9.17, 15) is 14.4 Å². The van der Waals surface area contributed by atoms with Crippen LogP contribution in [0.2, 0.25) is 0 Å². The van der Waals surface area contributed by atoms with Crippen LogP contribution in [-0.2, 0) is 19.1 Å². The van der Waals surface area contributed by atoms with E-state index in [4.69, 9.17) is 9.47 Å². The number of nitrogens with one attached hydrogen (secondary N) is 1. The molecule has 0 fully saturated rings. The number of benzene rings is 2. The first-order valence-electron chi connectivity index (χ1n) is 9.67. The van der Waals surface area contributed by atoms with Crippen LogP contribution in [-0.4, -0.2) is 31.5 Å². The van der Waals surface area contributed by atoms with E-state index in [-0.39, 0.29) is 24.5 Å². The molecule has 1 aliphatic heterocycles. The summed E-state index contributed by atoms with van der Waals surface area (Å²) in [7, 11) is 1.50. The summed E-state index contributed by atoms with van der Waals surface area (Å²) in [6.45, 7) is 3.51. The van der Waals surface area contributed by atoms with Gasteiger partial charge < -0.3 is 14.8 Å². The number of ether oxygens (including phenoxy) is 2. The summed E-state index contributed by atoms with van der Waals surface area (Å²) in [5.74, 6) is -1.84. The molecule has 0 saturated carbocycles.